The van der Waals surface area contributed by atoms with Gasteiger partial charge in [0.25, 0.3) is 0 Å². The Bertz CT molecular complexity index is 618. The molecule has 0 aliphatic rings. The van der Waals surface area contributed by atoms with Gasteiger partial charge in [-0.25, -0.2) is 0 Å². The molecule has 0 radical (unpaired) electrons. The Kier molecular flexibility index (Phi) is 4.99. The molecule has 20 heavy (non-hydrogen) atoms. The van der Waals surface area contributed by atoms with Gasteiger partial charge in [-0.15, -0.1) is 10.2 Å². The van der Waals surface area contributed by atoms with Crippen LogP contribution in [0.5, 0.6) is 0 Å². The summed E-state index contributed by atoms with van der Waals surface area (Å²) in [5.74, 6) is -0.658. The number of halogens is 1. The van der Waals surface area contributed by atoms with Gasteiger partial charge in [-0.3, -0.25) is 9.36 Å². The highest BCUT2D eigenvalue weighted by Crippen LogP contribution is 2.20. The lowest BCUT2D eigenvalue weighted by atomic mass is 10.2. The molecule has 0 fully saturated rings. The van der Waals surface area contributed by atoms with Crippen molar-refractivity contribution < 1.29 is 15.0 Å². The Morgan fingerprint density at radius 2 is 2.20 bits per heavy atom. The van der Waals surface area contributed by atoms with Gasteiger partial charge < -0.3 is 10.2 Å². The first-order valence-electron chi connectivity index (χ1n) is 5.72. The highest BCUT2D eigenvalue weighted by molar-refractivity contribution is 7.99. The van der Waals surface area contributed by atoms with E-state index in [0.717, 1.165) is 17.3 Å². The molecular weight excluding hydrogens is 302 g/mol. The molecule has 0 saturated heterocycles. The van der Waals surface area contributed by atoms with E-state index in [-0.39, 0.29) is 12.4 Å². The Hall–Kier alpha value is -1.57. The van der Waals surface area contributed by atoms with Gasteiger partial charge in [0.15, 0.2) is 11.0 Å². The first-order chi connectivity index (χ1) is 9.60. The molecule has 0 amide bonds. The molecule has 0 spiro atoms. The van der Waals surface area contributed by atoms with E-state index in [1.807, 2.05) is 12.1 Å². The summed E-state index contributed by atoms with van der Waals surface area (Å²) in [5, 5.41) is 26.8. The van der Waals surface area contributed by atoms with Gasteiger partial charge in [-0.05, 0) is 17.7 Å². The maximum Gasteiger partial charge on any atom is 0.313 e. The number of hydrogen-bond acceptors (Lipinski definition) is 5. The highest BCUT2D eigenvalue weighted by Gasteiger charge is 2.13. The van der Waals surface area contributed by atoms with Crippen molar-refractivity contribution in [1.29, 1.82) is 0 Å². The van der Waals surface area contributed by atoms with E-state index in [9.17, 15) is 9.90 Å². The van der Waals surface area contributed by atoms with Gasteiger partial charge in [-0.2, -0.15) is 0 Å². The number of hydrogen-bond donors (Lipinski definition) is 2. The second-order valence-corrected chi connectivity index (χ2v) is 5.33. The van der Waals surface area contributed by atoms with E-state index in [4.69, 9.17) is 16.7 Å². The lowest BCUT2D eigenvalue weighted by Gasteiger charge is -2.09. The predicted octanol–water partition coefficient (Wildman–Crippen LogP) is 1.65. The van der Waals surface area contributed by atoms with Crippen molar-refractivity contribution in [3.05, 3.63) is 40.7 Å². The predicted molar refractivity (Wildman–Crippen MR) is 74.9 cm³/mol. The molecule has 0 aliphatic carbocycles. The molecule has 1 heterocycles. The molecule has 0 unspecified atom stereocenters. The van der Waals surface area contributed by atoms with E-state index in [0.29, 0.717) is 22.5 Å². The van der Waals surface area contributed by atoms with E-state index >= 15 is 0 Å². The van der Waals surface area contributed by atoms with Crippen molar-refractivity contribution in [1.82, 2.24) is 14.8 Å². The van der Waals surface area contributed by atoms with Gasteiger partial charge in [0.05, 0.1) is 12.3 Å². The summed E-state index contributed by atoms with van der Waals surface area (Å²) in [6.45, 7) is 0.159. The summed E-state index contributed by atoms with van der Waals surface area (Å²) in [6.07, 6.45) is 0. The number of carboxylic acids is 1. The van der Waals surface area contributed by atoms with Crippen molar-refractivity contribution in [3.8, 4) is 0 Å². The smallest absolute Gasteiger partial charge is 0.313 e. The average Bonchev–Trinajstić information content (AvgIpc) is 2.78. The monoisotopic (exact) mass is 313 g/mol. The van der Waals surface area contributed by atoms with Crippen molar-refractivity contribution in [2.75, 3.05) is 5.75 Å². The van der Waals surface area contributed by atoms with Gasteiger partial charge >= 0.3 is 5.97 Å². The molecule has 0 aliphatic heterocycles. The van der Waals surface area contributed by atoms with Crippen LogP contribution in [0.2, 0.25) is 5.02 Å². The Balaban J connectivity index is 2.24. The van der Waals surface area contributed by atoms with Gasteiger partial charge in [0, 0.05) is 5.02 Å². The molecule has 6 nitrogen and oxygen atoms in total. The fourth-order valence-electron chi connectivity index (χ4n) is 1.65. The number of carbonyl (C=O) groups is 1. The molecule has 8 heteroatoms. The third-order valence-electron chi connectivity index (χ3n) is 2.49. The van der Waals surface area contributed by atoms with Crippen LogP contribution >= 0.6 is 23.4 Å². The van der Waals surface area contributed by atoms with Crippen molar-refractivity contribution in [2.24, 2.45) is 0 Å². The lowest BCUT2D eigenvalue weighted by molar-refractivity contribution is -0.133. The summed E-state index contributed by atoms with van der Waals surface area (Å²) < 4.78 is 1.68. The number of rotatable bonds is 6. The first kappa shape index (κ1) is 14.8. The van der Waals surface area contributed by atoms with E-state index in [2.05, 4.69) is 10.2 Å². The Labute approximate surface area is 124 Å². The van der Waals surface area contributed by atoms with Crippen LogP contribution in [0, 0.1) is 0 Å². The number of aliphatic hydroxyl groups is 1. The summed E-state index contributed by atoms with van der Waals surface area (Å²) in [5.41, 5.74) is 0.921. The van der Waals surface area contributed by atoms with E-state index in [1.54, 1.807) is 16.7 Å². The largest absolute Gasteiger partial charge is 0.481 e. The van der Waals surface area contributed by atoms with Crippen LogP contribution < -0.4 is 0 Å². The fraction of sp³-hybridized carbons (Fsp3) is 0.250. The average molecular weight is 314 g/mol. The molecule has 1 aromatic heterocycles. The zero-order valence-electron chi connectivity index (χ0n) is 10.4. The fourth-order valence-corrected chi connectivity index (χ4v) is 2.54. The molecular formula is C12H12ClN3O3S. The number of carboxylic acid groups (broad SMARTS) is 1. The standard InChI is InChI=1S/C12H12ClN3O3S/c13-9-3-1-2-8(4-9)5-16-10(6-17)14-15-12(16)20-7-11(18)19/h1-4,17H,5-7H2,(H,18,19). The minimum Gasteiger partial charge on any atom is -0.481 e. The van der Waals surface area contributed by atoms with Crippen LogP contribution in [0.15, 0.2) is 29.4 Å². The third-order valence-corrected chi connectivity index (χ3v) is 3.68. The summed E-state index contributed by atoms with van der Waals surface area (Å²) >= 11 is 6.99. The van der Waals surface area contributed by atoms with Crippen LogP contribution in [0.3, 0.4) is 0 Å². The topological polar surface area (TPSA) is 88.2 Å². The van der Waals surface area contributed by atoms with Gasteiger partial charge in [-0.1, -0.05) is 35.5 Å². The lowest BCUT2D eigenvalue weighted by Crippen LogP contribution is -2.08. The number of nitrogens with zero attached hydrogens (tertiary/aromatic N) is 3. The SMILES string of the molecule is O=C(O)CSc1nnc(CO)n1Cc1cccc(Cl)c1. The van der Waals surface area contributed by atoms with Crippen molar-refractivity contribution >= 4 is 29.3 Å². The molecule has 1 aromatic carbocycles. The number of aliphatic hydroxyl groups excluding tert-OH is 1. The molecule has 0 saturated carbocycles. The summed E-state index contributed by atoms with van der Waals surface area (Å²) in [6, 6.07) is 7.28. The minimum absolute atomic E-state index is 0.112. The second kappa shape index (κ2) is 6.74. The Morgan fingerprint density at radius 1 is 1.40 bits per heavy atom. The van der Waals surface area contributed by atoms with Crippen LogP contribution in [-0.4, -0.2) is 36.7 Å². The quantitative estimate of drug-likeness (QED) is 0.788. The van der Waals surface area contributed by atoms with Gasteiger partial charge in [0.2, 0.25) is 0 Å². The van der Waals surface area contributed by atoms with E-state index in [1.165, 1.54) is 0 Å². The van der Waals surface area contributed by atoms with Crippen LogP contribution in [0.4, 0.5) is 0 Å². The number of benzene rings is 1. The van der Waals surface area contributed by atoms with E-state index < -0.39 is 5.97 Å². The Morgan fingerprint density at radius 3 is 2.85 bits per heavy atom. The maximum absolute atomic E-state index is 10.6. The summed E-state index contributed by atoms with van der Waals surface area (Å²) in [7, 11) is 0. The maximum atomic E-state index is 10.6. The molecule has 0 atom stereocenters. The number of thioether (sulfide) groups is 1. The van der Waals surface area contributed by atoms with Crippen LogP contribution in [0.1, 0.15) is 11.4 Å². The zero-order chi connectivity index (χ0) is 14.5. The van der Waals surface area contributed by atoms with Crippen LogP contribution in [-0.2, 0) is 17.9 Å². The highest BCUT2D eigenvalue weighted by atomic mass is 35.5. The minimum atomic E-state index is -0.933. The molecule has 106 valence electrons. The van der Waals surface area contributed by atoms with Crippen LogP contribution in [0.25, 0.3) is 0 Å². The second-order valence-electron chi connectivity index (χ2n) is 3.96. The zero-order valence-corrected chi connectivity index (χ0v) is 11.9. The normalized spacial score (nSPS) is 10.7. The van der Waals surface area contributed by atoms with Crippen molar-refractivity contribution in [2.45, 2.75) is 18.3 Å². The molecule has 0 bridgehead atoms. The first-order valence-corrected chi connectivity index (χ1v) is 7.08. The molecule has 2 aromatic rings. The van der Waals surface area contributed by atoms with Gasteiger partial charge in [0.1, 0.15) is 6.61 Å². The summed E-state index contributed by atoms with van der Waals surface area (Å²) in [4.78, 5) is 10.6. The van der Waals surface area contributed by atoms with Crippen molar-refractivity contribution in [3.63, 3.8) is 0 Å². The molecule has 2 rings (SSSR count). The third kappa shape index (κ3) is 3.72. The number of aliphatic carboxylic acids is 1. The number of aromatic nitrogens is 3. The molecule has 2 N–H and O–H groups in total.